The van der Waals surface area contributed by atoms with Gasteiger partial charge >= 0.3 is 6.18 Å². The van der Waals surface area contributed by atoms with Crippen LogP contribution < -0.4 is 5.32 Å². The number of halogens is 3. The number of hydrogen-bond donors (Lipinski definition) is 1. The van der Waals surface area contributed by atoms with Crippen LogP contribution in [0.1, 0.15) is 39.0 Å². The smallest absolute Gasteiger partial charge is 0.310 e. The van der Waals surface area contributed by atoms with Crippen molar-refractivity contribution in [2.24, 2.45) is 11.8 Å². The van der Waals surface area contributed by atoms with Crippen molar-refractivity contribution < 1.29 is 13.2 Å². The van der Waals surface area contributed by atoms with Gasteiger partial charge in [-0.2, -0.15) is 13.2 Å². The number of rotatable bonds is 5. The van der Waals surface area contributed by atoms with E-state index in [0.717, 1.165) is 19.4 Å². The molecule has 17 heavy (non-hydrogen) atoms. The Hall–Kier alpha value is -0.510. The third kappa shape index (κ3) is 4.34. The molecule has 100 valence electrons. The molecule has 0 bridgehead atoms. The van der Waals surface area contributed by atoms with Crippen LogP contribution in [0, 0.1) is 11.8 Å². The lowest BCUT2D eigenvalue weighted by molar-refractivity contribution is -0.186. The molecule has 0 radical (unpaired) electrons. The fourth-order valence-electron chi connectivity index (χ4n) is 2.60. The predicted octanol–water partition coefficient (Wildman–Crippen LogP) is 3.91. The maximum atomic E-state index is 12.7. The molecule has 3 unspecified atom stereocenters. The summed E-state index contributed by atoms with van der Waals surface area (Å²) >= 11 is 0. The second-order valence-electron chi connectivity index (χ2n) is 4.88. The van der Waals surface area contributed by atoms with Gasteiger partial charge in [-0.05, 0) is 38.1 Å². The molecule has 1 aliphatic rings. The molecule has 1 nitrogen and oxygen atoms in total. The molecule has 0 aromatic rings. The molecular formula is C13H22F3N. The normalized spacial score (nSPS) is 27.8. The lowest BCUT2D eigenvalue weighted by Crippen LogP contribution is -2.40. The molecule has 0 amide bonds. The molecule has 3 atom stereocenters. The molecule has 1 N–H and O–H groups in total. The standard InChI is InChI=1S/C13H22F3N/c1-3-8-17-12(4-2)10-6-5-7-11(9-10)13(14,15)16/h4,10-12,17H,2-3,5-9H2,1H3. The first kappa shape index (κ1) is 14.6. The zero-order chi connectivity index (χ0) is 12.9. The zero-order valence-corrected chi connectivity index (χ0v) is 10.4. The van der Waals surface area contributed by atoms with Gasteiger partial charge in [-0.1, -0.05) is 19.4 Å². The Labute approximate surface area is 101 Å². The van der Waals surface area contributed by atoms with Crippen molar-refractivity contribution in [2.75, 3.05) is 6.54 Å². The van der Waals surface area contributed by atoms with E-state index in [4.69, 9.17) is 0 Å². The highest BCUT2D eigenvalue weighted by Crippen LogP contribution is 2.41. The minimum absolute atomic E-state index is 0.0279. The van der Waals surface area contributed by atoms with Crippen molar-refractivity contribution in [2.45, 2.75) is 51.2 Å². The van der Waals surface area contributed by atoms with E-state index in [-0.39, 0.29) is 24.8 Å². The van der Waals surface area contributed by atoms with E-state index < -0.39 is 12.1 Å². The fourth-order valence-corrected chi connectivity index (χ4v) is 2.60. The maximum absolute atomic E-state index is 12.7. The van der Waals surface area contributed by atoms with E-state index in [9.17, 15) is 13.2 Å². The molecule has 0 aliphatic heterocycles. The summed E-state index contributed by atoms with van der Waals surface area (Å²) in [6.07, 6.45) is 0.801. The van der Waals surface area contributed by atoms with Crippen LogP contribution in [0.15, 0.2) is 12.7 Å². The maximum Gasteiger partial charge on any atom is 0.391 e. The molecule has 4 heteroatoms. The zero-order valence-electron chi connectivity index (χ0n) is 10.4. The Kier molecular flexibility index (Phi) is 5.50. The van der Waals surface area contributed by atoms with E-state index >= 15 is 0 Å². The second-order valence-corrected chi connectivity index (χ2v) is 4.88. The molecule has 0 saturated heterocycles. The summed E-state index contributed by atoms with van der Waals surface area (Å²) in [7, 11) is 0. The van der Waals surface area contributed by atoms with Crippen LogP contribution in [-0.4, -0.2) is 18.8 Å². The Morgan fingerprint density at radius 3 is 2.65 bits per heavy atom. The summed E-state index contributed by atoms with van der Waals surface area (Å²) in [5, 5.41) is 3.28. The van der Waals surface area contributed by atoms with Crippen LogP contribution in [0.5, 0.6) is 0 Å². The minimum atomic E-state index is -4.03. The van der Waals surface area contributed by atoms with Gasteiger partial charge in [0.25, 0.3) is 0 Å². The van der Waals surface area contributed by atoms with E-state index in [1.165, 1.54) is 0 Å². The SMILES string of the molecule is C=CC(NCCC)C1CCCC(C(F)(F)F)C1. The Balaban J connectivity index is 2.55. The topological polar surface area (TPSA) is 12.0 Å². The van der Waals surface area contributed by atoms with E-state index in [1.54, 1.807) is 6.08 Å². The average Bonchev–Trinajstić information content (AvgIpc) is 2.29. The van der Waals surface area contributed by atoms with Crippen LogP contribution in [0.2, 0.25) is 0 Å². The second kappa shape index (κ2) is 6.43. The predicted molar refractivity (Wildman–Crippen MR) is 63.8 cm³/mol. The van der Waals surface area contributed by atoms with Crippen LogP contribution in [0.4, 0.5) is 13.2 Å². The first-order valence-corrected chi connectivity index (χ1v) is 6.41. The molecule has 1 saturated carbocycles. The van der Waals surface area contributed by atoms with Gasteiger partial charge in [0, 0.05) is 6.04 Å². The van der Waals surface area contributed by atoms with Crippen molar-refractivity contribution in [1.82, 2.24) is 5.32 Å². The van der Waals surface area contributed by atoms with Crippen molar-refractivity contribution in [1.29, 1.82) is 0 Å². The van der Waals surface area contributed by atoms with Crippen molar-refractivity contribution in [3.8, 4) is 0 Å². The molecule has 0 aromatic heterocycles. The van der Waals surface area contributed by atoms with Gasteiger partial charge in [0.05, 0.1) is 5.92 Å². The molecule has 1 rings (SSSR count). The van der Waals surface area contributed by atoms with Crippen LogP contribution >= 0.6 is 0 Å². The number of nitrogens with one attached hydrogen (secondary N) is 1. The number of alkyl halides is 3. The van der Waals surface area contributed by atoms with E-state index in [2.05, 4.69) is 11.9 Å². The summed E-state index contributed by atoms with van der Waals surface area (Å²) in [4.78, 5) is 0. The van der Waals surface area contributed by atoms with Crippen molar-refractivity contribution in [3.05, 3.63) is 12.7 Å². The molecule has 0 heterocycles. The fraction of sp³-hybridized carbons (Fsp3) is 0.846. The first-order valence-electron chi connectivity index (χ1n) is 6.41. The summed E-state index contributed by atoms with van der Waals surface area (Å²) in [6, 6.07) is 0.0279. The molecular weight excluding hydrogens is 227 g/mol. The van der Waals surface area contributed by atoms with E-state index in [0.29, 0.717) is 6.42 Å². The highest BCUT2D eigenvalue weighted by molar-refractivity contribution is 4.94. The molecule has 1 aliphatic carbocycles. The van der Waals surface area contributed by atoms with Gasteiger partial charge in [-0.25, -0.2) is 0 Å². The first-order chi connectivity index (χ1) is 7.99. The van der Waals surface area contributed by atoms with Gasteiger partial charge in [0.2, 0.25) is 0 Å². The monoisotopic (exact) mass is 249 g/mol. The van der Waals surface area contributed by atoms with E-state index in [1.807, 2.05) is 6.92 Å². The van der Waals surface area contributed by atoms with Gasteiger partial charge in [-0.3, -0.25) is 0 Å². The third-order valence-electron chi connectivity index (χ3n) is 3.57. The molecule has 0 aromatic carbocycles. The Morgan fingerprint density at radius 1 is 1.41 bits per heavy atom. The number of hydrogen-bond acceptors (Lipinski definition) is 1. The summed E-state index contributed by atoms with van der Waals surface area (Å²) in [5.74, 6) is -1.04. The van der Waals surface area contributed by atoms with Crippen LogP contribution in [0.3, 0.4) is 0 Å². The van der Waals surface area contributed by atoms with Crippen LogP contribution in [-0.2, 0) is 0 Å². The average molecular weight is 249 g/mol. The van der Waals surface area contributed by atoms with Gasteiger partial charge in [-0.15, -0.1) is 6.58 Å². The third-order valence-corrected chi connectivity index (χ3v) is 3.57. The van der Waals surface area contributed by atoms with Gasteiger partial charge < -0.3 is 5.32 Å². The van der Waals surface area contributed by atoms with Crippen molar-refractivity contribution in [3.63, 3.8) is 0 Å². The minimum Gasteiger partial charge on any atom is -0.310 e. The summed E-state index contributed by atoms with van der Waals surface area (Å²) in [5.41, 5.74) is 0. The van der Waals surface area contributed by atoms with Gasteiger partial charge in [0.15, 0.2) is 0 Å². The quantitative estimate of drug-likeness (QED) is 0.728. The Morgan fingerprint density at radius 2 is 2.12 bits per heavy atom. The molecule has 1 fully saturated rings. The largest absolute Gasteiger partial charge is 0.391 e. The lowest BCUT2D eigenvalue weighted by atomic mass is 9.77. The highest BCUT2D eigenvalue weighted by atomic mass is 19.4. The Bertz CT molecular complexity index is 237. The van der Waals surface area contributed by atoms with Gasteiger partial charge in [0.1, 0.15) is 0 Å². The molecule has 0 spiro atoms. The summed E-state index contributed by atoms with van der Waals surface area (Å²) < 4.78 is 38.1. The van der Waals surface area contributed by atoms with Crippen LogP contribution in [0.25, 0.3) is 0 Å². The lowest BCUT2D eigenvalue weighted by Gasteiger charge is -2.34. The van der Waals surface area contributed by atoms with Crippen molar-refractivity contribution >= 4 is 0 Å². The summed E-state index contributed by atoms with van der Waals surface area (Å²) in [6.45, 7) is 6.62. The highest BCUT2D eigenvalue weighted by Gasteiger charge is 2.43.